The zero-order valence-corrected chi connectivity index (χ0v) is 13.9. The average Bonchev–Trinajstić information content (AvgIpc) is 2.51. The first-order chi connectivity index (χ1) is 11.2. The molecule has 0 unspecified atom stereocenters. The van der Waals surface area contributed by atoms with Crippen LogP contribution in [0.15, 0.2) is 12.1 Å². The van der Waals surface area contributed by atoms with Crippen molar-refractivity contribution in [3.05, 3.63) is 27.8 Å². The van der Waals surface area contributed by atoms with Gasteiger partial charge in [-0.2, -0.15) is 0 Å². The highest BCUT2D eigenvalue weighted by Gasteiger charge is 2.28. The van der Waals surface area contributed by atoms with E-state index in [1.165, 1.54) is 14.2 Å². The molecule has 1 rings (SSSR count). The number of ether oxygens (including phenoxy) is 2. The third-order valence-corrected chi connectivity index (χ3v) is 3.25. The number of nitrogens with one attached hydrogen (secondary N) is 1. The molecule has 0 aliphatic heterocycles. The van der Waals surface area contributed by atoms with Gasteiger partial charge in [-0.1, -0.05) is 13.8 Å². The molecule has 0 aromatic heterocycles. The van der Waals surface area contributed by atoms with Crippen LogP contribution in [-0.2, 0) is 4.79 Å². The standard InChI is InChI=1S/C15H20N2O7/c1-8(2)5-10(15(19)20)16-14(18)9-6-12(23-3)13(24-4)7-11(9)17(21)22/h6-8,10H,5H2,1-4H3,(H,16,18)(H,19,20)/t10-/m1/s1. The topological polar surface area (TPSA) is 128 Å². The molecule has 1 amide bonds. The SMILES string of the molecule is COc1cc(C(=O)N[C@H](CC(C)C)C(=O)O)c([N+](=O)[O-])cc1OC. The van der Waals surface area contributed by atoms with Crippen molar-refractivity contribution in [1.29, 1.82) is 0 Å². The van der Waals surface area contributed by atoms with Gasteiger partial charge in [0.15, 0.2) is 11.5 Å². The molecule has 24 heavy (non-hydrogen) atoms. The van der Waals surface area contributed by atoms with Crippen LogP contribution >= 0.6 is 0 Å². The van der Waals surface area contributed by atoms with Crippen molar-refractivity contribution in [1.82, 2.24) is 5.32 Å². The molecule has 9 nitrogen and oxygen atoms in total. The summed E-state index contributed by atoms with van der Waals surface area (Å²) in [5.41, 5.74) is -0.800. The fourth-order valence-electron chi connectivity index (χ4n) is 2.13. The number of carboxylic acid groups (broad SMARTS) is 1. The third-order valence-electron chi connectivity index (χ3n) is 3.25. The molecule has 0 bridgehead atoms. The highest BCUT2D eigenvalue weighted by atomic mass is 16.6. The zero-order chi connectivity index (χ0) is 18.4. The number of methoxy groups -OCH3 is 2. The summed E-state index contributed by atoms with van der Waals surface area (Å²) in [4.78, 5) is 34.1. The molecule has 0 fully saturated rings. The van der Waals surface area contributed by atoms with E-state index in [9.17, 15) is 24.8 Å². The number of hydrogen-bond acceptors (Lipinski definition) is 6. The van der Waals surface area contributed by atoms with Crippen molar-refractivity contribution >= 4 is 17.6 Å². The Hall–Kier alpha value is -2.84. The number of aliphatic carboxylic acids is 1. The van der Waals surface area contributed by atoms with E-state index in [1.54, 1.807) is 13.8 Å². The predicted octanol–water partition coefficient (Wildman–Crippen LogP) is 1.84. The molecule has 132 valence electrons. The summed E-state index contributed by atoms with van der Waals surface area (Å²) < 4.78 is 10.0. The van der Waals surface area contributed by atoms with Crippen molar-refractivity contribution in [2.45, 2.75) is 26.3 Å². The van der Waals surface area contributed by atoms with Crippen LogP contribution in [0.2, 0.25) is 0 Å². The van der Waals surface area contributed by atoms with E-state index in [4.69, 9.17) is 9.47 Å². The summed E-state index contributed by atoms with van der Waals surface area (Å²) in [6.45, 7) is 3.61. The Kier molecular flexibility index (Phi) is 6.51. The molecule has 0 saturated carbocycles. The zero-order valence-electron chi connectivity index (χ0n) is 13.9. The van der Waals surface area contributed by atoms with Crippen molar-refractivity contribution in [2.24, 2.45) is 5.92 Å². The summed E-state index contributed by atoms with van der Waals surface area (Å²) in [6, 6.07) is 1.07. The lowest BCUT2D eigenvalue weighted by Crippen LogP contribution is -2.41. The van der Waals surface area contributed by atoms with Crippen molar-refractivity contribution in [3.63, 3.8) is 0 Å². The quantitative estimate of drug-likeness (QED) is 0.546. The average molecular weight is 340 g/mol. The smallest absolute Gasteiger partial charge is 0.326 e. The Bertz CT molecular complexity index is 643. The minimum absolute atomic E-state index is 0.0202. The molecule has 1 aromatic carbocycles. The molecule has 9 heteroatoms. The molecule has 0 saturated heterocycles. The summed E-state index contributed by atoms with van der Waals surface area (Å²) in [5, 5.41) is 22.7. The summed E-state index contributed by atoms with van der Waals surface area (Å²) in [6.07, 6.45) is 0.197. The van der Waals surface area contributed by atoms with E-state index >= 15 is 0 Å². The van der Waals surface area contributed by atoms with Crippen LogP contribution in [0.1, 0.15) is 30.6 Å². The van der Waals surface area contributed by atoms with Crippen LogP contribution < -0.4 is 14.8 Å². The first-order valence-electron chi connectivity index (χ1n) is 7.15. The molecule has 1 atom stereocenters. The number of amides is 1. The lowest BCUT2D eigenvalue weighted by Gasteiger charge is -2.17. The minimum Gasteiger partial charge on any atom is -0.493 e. The second kappa shape index (κ2) is 8.14. The van der Waals surface area contributed by atoms with E-state index in [0.29, 0.717) is 0 Å². The second-order valence-electron chi connectivity index (χ2n) is 5.48. The van der Waals surface area contributed by atoms with Gasteiger partial charge < -0.3 is 19.9 Å². The number of carboxylic acids is 1. The highest BCUT2D eigenvalue weighted by molar-refractivity contribution is 6.00. The lowest BCUT2D eigenvalue weighted by molar-refractivity contribution is -0.385. The van der Waals surface area contributed by atoms with Gasteiger partial charge in [-0.15, -0.1) is 0 Å². The van der Waals surface area contributed by atoms with Crippen LogP contribution in [0.3, 0.4) is 0 Å². The van der Waals surface area contributed by atoms with E-state index in [-0.39, 0.29) is 29.4 Å². The first kappa shape index (κ1) is 19.2. The number of hydrogen-bond donors (Lipinski definition) is 2. The van der Waals surface area contributed by atoms with Gasteiger partial charge in [0, 0.05) is 6.07 Å². The van der Waals surface area contributed by atoms with Gasteiger partial charge in [0.1, 0.15) is 11.6 Å². The van der Waals surface area contributed by atoms with Crippen LogP contribution in [-0.4, -0.2) is 42.2 Å². The number of nitro groups is 1. The second-order valence-corrected chi connectivity index (χ2v) is 5.48. The van der Waals surface area contributed by atoms with Crippen molar-refractivity contribution in [3.8, 4) is 11.5 Å². The molecule has 0 heterocycles. The van der Waals surface area contributed by atoms with Gasteiger partial charge in [0.2, 0.25) is 0 Å². The maximum absolute atomic E-state index is 12.4. The minimum atomic E-state index is -1.21. The Morgan fingerprint density at radius 2 is 1.79 bits per heavy atom. The molecule has 0 aliphatic rings. The highest BCUT2D eigenvalue weighted by Crippen LogP contribution is 2.34. The Balaban J connectivity index is 3.25. The number of benzene rings is 1. The van der Waals surface area contributed by atoms with Gasteiger partial charge in [-0.25, -0.2) is 4.79 Å². The van der Waals surface area contributed by atoms with E-state index < -0.39 is 28.5 Å². The van der Waals surface area contributed by atoms with Crippen LogP contribution in [0, 0.1) is 16.0 Å². The van der Waals surface area contributed by atoms with Gasteiger partial charge in [0.25, 0.3) is 11.6 Å². The monoisotopic (exact) mass is 340 g/mol. The third kappa shape index (κ3) is 4.58. The van der Waals surface area contributed by atoms with E-state index in [2.05, 4.69) is 5.32 Å². The summed E-state index contributed by atoms with van der Waals surface area (Å²) >= 11 is 0. The van der Waals surface area contributed by atoms with E-state index in [0.717, 1.165) is 12.1 Å². The maximum atomic E-state index is 12.4. The molecule has 2 N–H and O–H groups in total. The fraction of sp³-hybridized carbons (Fsp3) is 0.467. The predicted molar refractivity (Wildman–Crippen MR) is 84.5 cm³/mol. The van der Waals surface area contributed by atoms with Gasteiger partial charge in [-0.05, 0) is 12.3 Å². The largest absolute Gasteiger partial charge is 0.493 e. The molecule has 0 aliphatic carbocycles. The van der Waals surface area contributed by atoms with Gasteiger partial charge >= 0.3 is 5.97 Å². The number of carbonyl (C=O) groups is 2. The molecule has 1 aromatic rings. The maximum Gasteiger partial charge on any atom is 0.326 e. The number of nitrogens with zero attached hydrogens (tertiary/aromatic N) is 1. The van der Waals surface area contributed by atoms with Crippen molar-refractivity contribution in [2.75, 3.05) is 14.2 Å². The molecular formula is C15H20N2O7. The number of rotatable bonds is 8. The van der Waals surface area contributed by atoms with Gasteiger partial charge in [0.05, 0.1) is 25.2 Å². The van der Waals surface area contributed by atoms with Crippen molar-refractivity contribution < 1.29 is 29.1 Å². The normalized spacial score (nSPS) is 11.7. The van der Waals surface area contributed by atoms with Gasteiger partial charge in [-0.3, -0.25) is 14.9 Å². The molecule has 0 radical (unpaired) electrons. The Labute approximate surface area is 138 Å². The number of carbonyl (C=O) groups excluding carboxylic acids is 1. The summed E-state index contributed by atoms with van der Waals surface area (Å²) in [7, 11) is 2.63. The summed E-state index contributed by atoms with van der Waals surface area (Å²) in [5.74, 6) is -1.83. The molecular weight excluding hydrogens is 320 g/mol. The van der Waals surface area contributed by atoms with E-state index in [1.807, 2.05) is 0 Å². The number of nitro benzene ring substituents is 1. The van der Waals surface area contributed by atoms with Crippen LogP contribution in [0.25, 0.3) is 0 Å². The van der Waals surface area contributed by atoms with Crippen LogP contribution in [0.5, 0.6) is 11.5 Å². The first-order valence-corrected chi connectivity index (χ1v) is 7.15. The lowest BCUT2D eigenvalue weighted by atomic mass is 10.0. The fourth-order valence-corrected chi connectivity index (χ4v) is 2.13. The Morgan fingerprint density at radius 3 is 2.21 bits per heavy atom. The van der Waals surface area contributed by atoms with Crippen LogP contribution in [0.4, 0.5) is 5.69 Å². The molecule has 0 spiro atoms. The Morgan fingerprint density at radius 1 is 1.25 bits per heavy atom.